The number of nitrogens with one attached hydrogen (secondary N) is 2. The van der Waals surface area contributed by atoms with Crippen LogP contribution in [0, 0.1) is 0 Å². The molecule has 0 aromatic heterocycles. The van der Waals surface area contributed by atoms with E-state index in [1.807, 2.05) is 11.8 Å². The van der Waals surface area contributed by atoms with Gasteiger partial charge in [-0.15, -0.1) is 0 Å². The van der Waals surface area contributed by atoms with Crippen molar-refractivity contribution < 1.29 is 4.79 Å². The van der Waals surface area contributed by atoms with E-state index in [-0.39, 0.29) is 6.03 Å². The molecule has 2 N–H and O–H groups in total. The molecule has 0 saturated heterocycles. The minimum atomic E-state index is -0.0525. The van der Waals surface area contributed by atoms with Crippen LogP contribution in [0.2, 0.25) is 0 Å². The van der Waals surface area contributed by atoms with Crippen molar-refractivity contribution in [1.29, 1.82) is 0 Å². The summed E-state index contributed by atoms with van der Waals surface area (Å²) in [6.45, 7) is 1.51. The Bertz CT molecular complexity index is 475. The van der Waals surface area contributed by atoms with Crippen molar-refractivity contribution in [1.82, 2.24) is 15.5 Å². The molecule has 5 heteroatoms. The maximum Gasteiger partial charge on any atom is 0.315 e. The van der Waals surface area contributed by atoms with Crippen LogP contribution in [0.1, 0.15) is 30.4 Å². The predicted molar refractivity (Wildman–Crippen MR) is 94.1 cm³/mol. The number of carbonyl (C=O) groups excluding carboxylic acids is 1. The smallest absolute Gasteiger partial charge is 0.315 e. The van der Waals surface area contributed by atoms with E-state index in [0.717, 1.165) is 18.5 Å². The van der Waals surface area contributed by atoms with Crippen LogP contribution in [-0.2, 0) is 13.1 Å². The van der Waals surface area contributed by atoms with Crippen molar-refractivity contribution >= 4 is 17.8 Å². The Morgan fingerprint density at radius 2 is 1.91 bits per heavy atom. The summed E-state index contributed by atoms with van der Waals surface area (Å²) in [7, 11) is 4.12. The molecule has 0 aliphatic heterocycles. The Morgan fingerprint density at radius 1 is 1.23 bits per heavy atom. The fourth-order valence-corrected chi connectivity index (χ4v) is 3.84. The normalized spacial score (nSPS) is 21.1. The van der Waals surface area contributed by atoms with Crippen molar-refractivity contribution in [3.8, 4) is 0 Å². The van der Waals surface area contributed by atoms with Crippen molar-refractivity contribution in [3.63, 3.8) is 0 Å². The summed E-state index contributed by atoms with van der Waals surface area (Å²) in [5.74, 6) is 0. The zero-order valence-corrected chi connectivity index (χ0v) is 14.6. The highest BCUT2D eigenvalue weighted by Crippen LogP contribution is 2.28. The van der Waals surface area contributed by atoms with E-state index < -0.39 is 0 Å². The van der Waals surface area contributed by atoms with Crippen LogP contribution in [-0.4, -0.2) is 42.6 Å². The number of nitrogens with zero attached hydrogens (tertiary/aromatic N) is 1. The first-order chi connectivity index (χ1) is 10.6. The standard InChI is InChI=1S/C17H27N3OS/c1-20(2)12-14-9-7-13(8-10-14)11-18-17(21)19-15-5-4-6-16(15)22-3/h7-10,15-16H,4-6,11-12H2,1-3H3,(H2,18,19,21)/t15-,16-/m0/s1. The monoisotopic (exact) mass is 321 g/mol. The highest BCUT2D eigenvalue weighted by molar-refractivity contribution is 7.99. The van der Waals surface area contributed by atoms with Crippen LogP contribution >= 0.6 is 11.8 Å². The lowest BCUT2D eigenvalue weighted by Crippen LogP contribution is -2.44. The number of hydrogen-bond acceptors (Lipinski definition) is 3. The molecule has 0 bridgehead atoms. The Balaban J connectivity index is 1.76. The SMILES string of the molecule is CS[C@H]1CCC[C@@H]1NC(=O)NCc1ccc(CN(C)C)cc1. The molecule has 0 heterocycles. The van der Waals surface area contributed by atoms with Gasteiger partial charge in [0, 0.05) is 24.4 Å². The fourth-order valence-electron chi connectivity index (χ4n) is 2.90. The van der Waals surface area contributed by atoms with E-state index in [0.29, 0.717) is 17.8 Å². The Labute approximate surface area is 138 Å². The first-order valence-electron chi connectivity index (χ1n) is 7.88. The molecular formula is C17H27N3OS. The van der Waals surface area contributed by atoms with E-state index in [9.17, 15) is 4.79 Å². The van der Waals surface area contributed by atoms with E-state index in [1.165, 1.54) is 18.4 Å². The van der Waals surface area contributed by atoms with Gasteiger partial charge in [0.2, 0.25) is 0 Å². The molecule has 22 heavy (non-hydrogen) atoms. The number of urea groups is 1. The molecule has 2 atom stereocenters. The summed E-state index contributed by atoms with van der Waals surface area (Å²) in [5, 5.41) is 6.64. The van der Waals surface area contributed by atoms with Gasteiger partial charge in [-0.3, -0.25) is 0 Å². The summed E-state index contributed by atoms with van der Waals surface area (Å²) >= 11 is 1.86. The average Bonchev–Trinajstić information content (AvgIpc) is 2.93. The van der Waals surface area contributed by atoms with Crippen molar-refractivity contribution in [2.24, 2.45) is 0 Å². The second kappa shape index (κ2) is 8.44. The van der Waals surface area contributed by atoms with Gasteiger partial charge in [0.05, 0.1) is 0 Å². The molecule has 0 spiro atoms. The number of rotatable bonds is 6. The van der Waals surface area contributed by atoms with Gasteiger partial charge in [-0.05, 0) is 44.3 Å². The lowest BCUT2D eigenvalue weighted by Gasteiger charge is -2.19. The zero-order chi connectivity index (χ0) is 15.9. The number of thioether (sulfide) groups is 1. The Kier molecular flexibility index (Phi) is 6.58. The maximum absolute atomic E-state index is 12.0. The van der Waals surface area contributed by atoms with E-state index in [4.69, 9.17) is 0 Å². The number of hydrogen-bond donors (Lipinski definition) is 2. The molecule has 1 aliphatic carbocycles. The third kappa shape index (κ3) is 5.21. The lowest BCUT2D eigenvalue weighted by molar-refractivity contribution is 0.237. The summed E-state index contributed by atoms with van der Waals surface area (Å²) in [4.78, 5) is 14.2. The molecule has 1 aromatic rings. The van der Waals surface area contributed by atoms with Crippen molar-refractivity contribution in [2.45, 2.75) is 43.6 Å². The first-order valence-corrected chi connectivity index (χ1v) is 9.17. The summed E-state index contributed by atoms with van der Waals surface area (Å²) in [6.07, 6.45) is 5.64. The van der Waals surface area contributed by atoms with Gasteiger partial charge in [-0.2, -0.15) is 11.8 Å². The third-order valence-electron chi connectivity index (χ3n) is 4.05. The van der Waals surface area contributed by atoms with Gasteiger partial charge in [-0.25, -0.2) is 4.79 Å². The van der Waals surface area contributed by atoms with Crippen LogP contribution in [0.4, 0.5) is 4.79 Å². The van der Waals surface area contributed by atoms with Crippen LogP contribution in [0.15, 0.2) is 24.3 Å². The minimum absolute atomic E-state index is 0.0525. The fraction of sp³-hybridized carbons (Fsp3) is 0.588. The largest absolute Gasteiger partial charge is 0.334 e. The van der Waals surface area contributed by atoms with Crippen LogP contribution < -0.4 is 10.6 Å². The number of amides is 2. The average molecular weight is 321 g/mol. The first kappa shape index (κ1) is 17.2. The molecule has 4 nitrogen and oxygen atoms in total. The van der Waals surface area contributed by atoms with Gasteiger partial charge < -0.3 is 15.5 Å². The van der Waals surface area contributed by atoms with E-state index in [2.05, 4.69) is 60.2 Å². The third-order valence-corrected chi connectivity index (χ3v) is 5.22. The van der Waals surface area contributed by atoms with Crippen LogP contribution in [0.3, 0.4) is 0 Å². The molecule has 1 saturated carbocycles. The van der Waals surface area contributed by atoms with Gasteiger partial charge in [0.25, 0.3) is 0 Å². The molecule has 1 fully saturated rings. The molecule has 1 aliphatic rings. The molecule has 2 rings (SSSR count). The second-order valence-corrected chi connectivity index (χ2v) is 7.27. The van der Waals surface area contributed by atoms with E-state index in [1.54, 1.807) is 0 Å². The Morgan fingerprint density at radius 3 is 2.55 bits per heavy atom. The highest BCUT2D eigenvalue weighted by Gasteiger charge is 2.27. The minimum Gasteiger partial charge on any atom is -0.334 e. The van der Waals surface area contributed by atoms with Gasteiger partial charge in [-0.1, -0.05) is 30.7 Å². The molecule has 2 amide bonds. The van der Waals surface area contributed by atoms with Crippen molar-refractivity contribution in [3.05, 3.63) is 35.4 Å². The summed E-state index contributed by atoms with van der Waals surface area (Å²) in [6, 6.07) is 8.67. The zero-order valence-electron chi connectivity index (χ0n) is 13.8. The second-order valence-electron chi connectivity index (χ2n) is 6.19. The Hall–Kier alpha value is -1.20. The molecule has 0 radical (unpaired) electrons. The lowest BCUT2D eigenvalue weighted by atomic mass is 10.1. The van der Waals surface area contributed by atoms with E-state index >= 15 is 0 Å². The molecule has 0 unspecified atom stereocenters. The maximum atomic E-state index is 12.0. The van der Waals surface area contributed by atoms with Crippen molar-refractivity contribution in [2.75, 3.05) is 20.4 Å². The van der Waals surface area contributed by atoms with Gasteiger partial charge in [0.15, 0.2) is 0 Å². The molecule has 122 valence electrons. The van der Waals surface area contributed by atoms with Crippen LogP contribution in [0.25, 0.3) is 0 Å². The summed E-state index contributed by atoms with van der Waals surface area (Å²) < 4.78 is 0. The molecule has 1 aromatic carbocycles. The predicted octanol–water partition coefficient (Wildman–Crippen LogP) is 2.83. The topological polar surface area (TPSA) is 44.4 Å². The van der Waals surface area contributed by atoms with Crippen LogP contribution in [0.5, 0.6) is 0 Å². The number of benzene rings is 1. The number of carbonyl (C=O) groups is 1. The van der Waals surface area contributed by atoms with Gasteiger partial charge >= 0.3 is 6.03 Å². The van der Waals surface area contributed by atoms with Gasteiger partial charge in [0.1, 0.15) is 0 Å². The quantitative estimate of drug-likeness (QED) is 0.847. The molecular weight excluding hydrogens is 294 g/mol. The highest BCUT2D eigenvalue weighted by atomic mass is 32.2. The summed E-state index contributed by atoms with van der Waals surface area (Å²) in [5.41, 5.74) is 2.41.